The summed E-state index contributed by atoms with van der Waals surface area (Å²) in [5.41, 5.74) is 0. The van der Waals surface area contributed by atoms with Crippen molar-refractivity contribution in [1.29, 1.82) is 0 Å². The minimum absolute atomic E-state index is 0.278. The van der Waals surface area contributed by atoms with Crippen molar-refractivity contribution in [3.8, 4) is 0 Å². The number of hydrogen-bond donors (Lipinski definition) is 1. The number of rotatable bonds is 0. The zero-order chi connectivity index (χ0) is 6.28. The van der Waals surface area contributed by atoms with Crippen LogP contribution >= 0.6 is 9.24 Å². The molecule has 6 heteroatoms. The largest absolute Gasteiger partial charge is 0.362 e. The van der Waals surface area contributed by atoms with Crippen LogP contribution in [0.2, 0.25) is 0 Å². The fourth-order valence-electron chi connectivity index (χ4n) is 0. The van der Waals surface area contributed by atoms with Crippen LogP contribution in [0.4, 0.5) is 0 Å². The molecule has 1 unspecified atom stereocenters. The lowest BCUT2D eigenvalue weighted by molar-refractivity contribution is -0.402. The van der Waals surface area contributed by atoms with E-state index in [0.29, 0.717) is 0 Å². The van der Waals surface area contributed by atoms with Crippen LogP contribution in [-0.2, 0) is 0 Å². The summed E-state index contributed by atoms with van der Waals surface area (Å²) < 4.78 is 0. The van der Waals surface area contributed by atoms with Gasteiger partial charge >= 0.3 is 0 Å². The summed E-state index contributed by atoms with van der Waals surface area (Å²) in [6.07, 6.45) is 0.278. The Labute approximate surface area is 42.3 Å². The fourth-order valence-corrected chi connectivity index (χ4v) is 0. The van der Waals surface area contributed by atoms with Crippen molar-refractivity contribution in [3.63, 3.8) is 0 Å². The van der Waals surface area contributed by atoms with E-state index in [-0.39, 0.29) is 6.35 Å². The predicted octanol–water partition coefficient (Wildman–Crippen LogP) is -0.696. The highest BCUT2D eigenvalue weighted by atomic mass is 31.0. The van der Waals surface area contributed by atoms with Gasteiger partial charge in [-0.1, -0.05) is 0 Å². The normalized spacial score (nSPS) is 6.43. The molecular formula is CH6NO4P. The molecule has 0 heterocycles. The summed E-state index contributed by atoms with van der Waals surface area (Å²) in [6.45, 7) is 0. The zero-order valence-electron chi connectivity index (χ0n) is 3.53. The molecule has 44 valence electrons. The van der Waals surface area contributed by atoms with Crippen LogP contribution in [-0.4, -0.2) is 16.5 Å². The van der Waals surface area contributed by atoms with Crippen molar-refractivity contribution in [2.75, 3.05) is 6.35 Å². The summed E-state index contributed by atoms with van der Waals surface area (Å²) in [6, 6.07) is 0. The van der Waals surface area contributed by atoms with Gasteiger partial charge in [0.25, 0.3) is 0 Å². The third-order valence-electron chi connectivity index (χ3n) is 0. The molecule has 7 heavy (non-hydrogen) atoms. The minimum atomic E-state index is -1.75. The second-order valence-corrected chi connectivity index (χ2v) is 0.894. The third-order valence-corrected chi connectivity index (χ3v) is 0. The van der Waals surface area contributed by atoms with Gasteiger partial charge in [-0.05, 0) is 0 Å². The van der Waals surface area contributed by atoms with E-state index in [1.165, 1.54) is 9.24 Å². The van der Waals surface area contributed by atoms with Crippen LogP contribution in [0.3, 0.4) is 0 Å². The van der Waals surface area contributed by atoms with Crippen LogP contribution in [0, 0.1) is 15.3 Å². The Bertz CT molecular complexity index is 43.0. The van der Waals surface area contributed by atoms with Gasteiger partial charge in [-0.25, -0.2) is 0 Å². The first-order valence-electron chi connectivity index (χ1n) is 1.36. The molecule has 1 atom stereocenters. The van der Waals surface area contributed by atoms with Gasteiger partial charge in [-0.2, -0.15) is 0 Å². The Kier molecular flexibility index (Phi) is 12.8. The first-order chi connectivity index (χ1) is 3.15. The predicted molar refractivity (Wildman–Crippen MR) is 28.6 cm³/mol. The topological polar surface area (TPSA) is 86.4 Å². The van der Waals surface area contributed by atoms with Crippen LogP contribution < -0.4 is 0 Å². The maximum absolute atomic E-state index is 8.25. The average Bonchev–Trinajstić information content (AvgIpc) is 1.33. The van der Waals surface area contributed by atoms with Crippen molar-refractivity contribution in [3.05, 3.63) is 15.3 Å². The molecule has 5 nitrogen and oxygen atoms in total. The highest BCUT2D eigenvalue weighted by Gasteiger charge is 1.45. The van der Waals surface area contributed by atoms with Crippen molar-refractivity contribution in [2.24, 2.45) is 0 Å². The van der Waals surface area contributed by atoms with Crippen molar-refractivity contribution in [2.45, 2.75) is 0 Å². The second kappa shape index (κ2) is 9.14. The van der Waals surface area contributed by atoms with Gasteiger partial charge in [0, 0.05) is 9.24 Å². The van der Waals surface area contributed by atoms with E-state index in [2.05, 4.69) is 0 Å². The number of hydrogen-bond acceptors (Lipinski definition) is 4. The van der Waals surface area contributed by atoms with Gasteiger partial charge in [0.1, 0.15) is 6.35 Å². The quantitative estimate of drug-likeness (QED) is 0.265. The van der Waals surface area contributed by atoms with E-state index < -0.39 is 5.09 Å². The SMILES string of the molecule is O=[N+]([O-])[O-].OC[PH3+]. The Morgan fingerprint density at radius 1 is 1.71 bits per heavy atom. The molecule has 0 radical (unpaired) electrons. The standard InChI is InChI=1S/CH5OP.NO3/c2-1-3;2-1(3)4/h2H,1,3H2;/q;-1/p+1. The summed E-state index contributed by atoms with van der Waals surface area (Å²) in [4.78, 5) is 8.25. The molecule has 0 bridgehead atoms. The lowest BCUT2D eigenvalue weighted by atomic mass is 11.7. The number of aliphatic hydroxyl groups excluding tert-OH is 1. The second-order valence-electron chi connectivity index (χ2n) is 0.447. The molecule has 0 rings (SSSR count). The van der Waals surface area contributed by atoms with Gasteiger partial charge in [-0.3, -0.25) is 0 Å². The Hall–Kier alpha value is -0.410. The van der Waals surface area contributed by atoms with Crippen molar-refractivity contribution in [1.82, 2.24) is 0 Å². The highest BCUT2D eigenvalue weighted by molar-refractivity contribution is 7.16. The fraction of sp³-hybridized carbons (Fsp3) is 1.00. The Morgan fingerprint density at radius 3 is 1.71 bits per heavy atom. The zero-order valence-corrected chi connectivity index (χ0v) is 4.95. The Balaban J connectivity index is 0. The molecular weight excluding hydrogens is 121 g/mol. The summed E-state index contributed by atoms with van der Waals surface area (Å²) in [5.74, 6) is 0. The number of nitrogens with zero attached hydrogens (tertiary/aromatic N) is 1. The highest BCUT2D eigenvalue weighted by Crippen LogP contribution is 1.63. The lowest BCUT2D eigenvalue weighted by Gasteiger charge is -1.74. The van der Waals surface area contributed by atoms with E-state index in [9.17, 15) is 0 Å². The molecule has 0 fully saturated rings. The molecule has 0 aliphatic heterocycles. The first-order valence-corrected chi connectivity index (χ1v) is 2.36. The monoisotopic (exact) mass is 127 g/mol. The number of aliphatic hydroxyl groups is 1. The van der Waals surface area contributed by atoms with E-state index in [1.807, 2.05) is 0 Å². The van der Waals surface area contributed by atoms with Gasteiger partial charge in [0.15, 0.2) is 0 Å². The third kappa shape index (κ3) is 429. The van der Waals surface area contributed by atoms with Gasteiger partial charge < -0.3 is 20.4 Å². The summed E-state index contributed by atoms with van der Waals surface area (Å²) in [7, 11) is 1.53. The molecule has 0 spiro atoms. The van der Waals surface area contributed by atoms with Crippen LogP contribution in [0.25, 0.3) is 0 Å². The summed E-state index contributed by atoms with van der Waals surface area (Å²) >= 11 is 0. The molecule has 0 aromatic carbocycles. The van der Waals surface area contributed by atoms with E-state index in [0.717, 1.165) is 0 Å². The van der Waals surface area contributed by atoms with Crippen LogP contribution in [0.15, 0.2) is 0 Å². The molecule has 0 amide bonds. The van der Waals surface area contributed by atoms with E-state index in [1.54, 1.807) is 0 Å². The first kappa shape index (κ1) is 9.77. The van der Waals surface area contributed by atoms with Crippen molar-refractivity contribution < 1.29 is 10.2 Å². The summed E-state index contributed by atoms with van der Waals surface area (Å²) in [5, 5.41) is 22.3. The average molecular weight is 127 g/mol. The minimum Gasteiger partial charge on any atom is -0.362 e. The maximum Gasteiger partial charge on any atom is 0.147 e. The van der Waals surface area contributed by atoms with Gasteiger partial charge in [0.05, 0.1) is 5.09 Å². The van der Waals surface area contributed by atoms with E-state index >= 15 is 0 Å². The van der Waals surface area contributed by atoms with Crippen molar-refractivity contribution >= 4 is 9.24 Å². The molecule has 1 N–H and O–H groups in total. The maximum atomic E-state index is 8.25. The van der Waals surface area contributed by atoms with Gasteiger partial charge in [-0.15, -0.1) is 0 Å². The smallest absolute Gasteiger partial charge is 0.147 e. The molecule has 0 saturated carbocycles. The van der Waals surface area contributed by atoms with Gasteiger partial charge in [0.2, 0.25) is 0 Å². The van der Waals surface area contributed by atoms with E-state index in [4.69, 9.17) is 20.4 Å². The molecule has 0 saturated heterocycles. The van der Waals surface area contributed by atoms with Crippen LogP contribution in [0.1, 0.15) is 0 Å². The molecule has 0 aliphatic carbocycles. The molecule has 0 aliphatic rings. The molecule has 0 aromatic heterocycles. The molecule has 0 aromatic rings. The lowest BCUT2D eigenvalue weighted by Crippen LogP contribution is -1.74. The Morgan fingerprint density at radius 2 is 1.71 bits per heavy atom. The van der Waals surface area contributed by atoms with Crippen LogP contribution in [0.5, 0.6) is 0 Å².